The highest BCUT2D eigenvalue weighted by atomic mass is 16.5. The van der Waals surface area contributed by atoms with Crippen LogP contribution in [-0.2, 0) is 6.42 Å². The summed E-state index contributed by atoms with van der Waals surface area (Å²) in [5.41, 5.74) is 0. The Labute approximate surface area is 70.4 Å². The van der Waals surface area contributed by atoms with Crippen molar-refractivity contribution in [3.8, 4) is 0 Å². The lowest BCUT2D eigenvalue weighted by Gasteiger charge is -2.05. The minimum Gasteiger partial charge on any atom is -0.339 e. The van der Waals surface area contributed by atoms with Crippen LogP contribution in [0, 0.1) is 0 Å². The maximum Gasteiger partial charge on any atom is 0.235 e. The van der Waals surface area contributed by atoms with Crippen LogP contribution < -0.4 is 0 Å². The third-order valence-corrected chi connectivity index (χ3v) is 1.36. The fourth-order valence-electron chi connectivity index (χ4n) is 0.737. The van der Waals surface area contributed by atoms with Gasteiger partial charge in [0.15, 0.2) is 6.29 Å². The van der Waals surface area contributed by atoms with Crippen LogP contribution >= 0.6 is 0 Å². The van der Waals surface area contributed by atoms with Crippen molar-refractivity contribution in [1.29, 1.82) is 0 Å². The van der Waals surface area contributed by atoms with Crippen LogP contribution in [0.5, 0.6) is 0 Å². The number of nitrogens with zero attached hydrogens (tertiary/aromatic N) is 3. The van der Waals surface area contributed by atoms with Gasteiger partial charge >= 0.3 is 0 Å². The van der Waals surface area contributed by atoms with Gasteiger partial charge in [0.05, 0.1) is 0 Å². The topological polar surface area (TPSA) is 59.2 Å². The SMILES string of the molecule is CN(C)CCc1nc(C=O)no1. The first-order valence-corrected chi connectivity index (χ1v) is 3.65. The van der Waals surface area contributed by atoms with Gasteiger partial charge in [-0.3, -0.25) is 4.79 Å². The lowest BCUT2D eigenvalue weighted by atomic mass is 10.4. The van der Waals surface area contributed by atoms with E-state index in [1.54, 1.807) is 0 Å². The molecule has 0 bridgehead atoms. The second-order valence-electron chi connectivity index (χ2n) is 2.72. The van der Waals surface area contributed by atoms with Gasteiger partial charge in [-0.1, -0.05) is 5.16 Å². The molecule has 0 aliphatic rings. The van der Waals surface area contributed by atoms with Crippen molar-refractivity contribution >= 4 is 6.29 Å². The number of aldehydes is 1. The molecule has 0 atom stereocenters. The number of carbonyl (C=O) groups is 1. The molecule has 0 spiro atoms. The summed E-state index contributed by atoms with van der Waals surface area (Å²) in [5, 5.41) is 3.44. The van der Waals surface area contributed by atoms with E-state index in [4.69, 9.17) is 4.52 Å². The second kappa shape index (κ2) is 3.96. The maximum absolute atomic E-state index is 10.2. The van der Waals surface area contributed by atoms with Crippen molar-refractivity contribution in [3.05, 3.63) is 11.7 Å². The van der Waals surface area contributed by atoms with Crippen molar-refractivity contribution in [2.24, 2.45) is 0 Å². The molecule has 0 aromatic carbocycles. The van der Waals surface area contributed by atoms with Gasteiger partial charge in [-0.05, 0) is 14.1 Å². The highest BCUT2D eigenvalue weighted by Crippen LogP contribution is 1.96. The summed E-state index contributed by atoms with van der Waals surface area (Å²) in [4.78, 5) is 16.0. The Bertz CT molecular complexity index is 257. The Kier molecular flexibility index (Phi) is 2.93. The van der Waals surface area contributed by atoms with E-state index in [-0.39, 0.29) is 5.82 Å². The normalized spacial score (nSPS) is 10.6. The van der Waals surface area contributed by atoms with Gasteiger partial charge in [-0.2, -0.15) is 4.98 Å². The summed E-state index contributed by atoms with van der Waals surface area (Å²) < 4.78 is 4.79. The van der Waals surface area contributed by atoms with Crippen LogP contribution in [0.3, 0.4) is 0 Å². The fraction of sp³-hybridized carbons (Fsp3) is 0.571. The molecule has 0 saturated heterocycles. The van der Waals surface area contributed by atoms with Crippen molar-refractivity contribution in [2.75, 3.05) is 20.6 Å². The molecule has 0 aliphatic heterocycles. The molecule has 66 valence electrons. The molecule has 5 heteroatoms. The number of rotatable bonds is 4. The zero-order valence-electron chi connectivity index (χ0n) is 7.15. The third kappa shape index (κ3) is 2.43. The molecule has 12 heavy (non-hydrogen) atoms. The molecule has 1 aromatic heterocycles. The number of likely N-dealkylation sites (N-methyl/N-ethyl adjacent to an activating group) is 1. The summed E-state index contributed by atoms with van der Waals surface area (Å²) in [6, 6.07) is 0. The Morgan fingerprint density at radius 1 is 1.58 bits per heavy atom. The Morgan fingerprint density at radius 2 is 2.33 bits per heavy atom. The number of carbonyl (C=O) groups excluding carboxylic acids is 1. The summed E-state index contributed by atoms with van der Waals surface area (Å²) in [5.74, 6) is 0.620. The van der Waals surface area contributed by atoms with Gasteiger partial charge in [-0.25, -0.2) is 0 Å². The number of hydrogen-bond donors (Lipinski definition) is 0. The molecule has 0 radical (unpaired) electrons. The van der Waals surface area contributed by atoms with Gasteiger partial charge in [0.1, 0.15) is 0 Å². The van der Waals surface area contributed by atoms with E-state index in [9.17, 15) is 4.79 Å². The summed E-state index contributed by atoms with van der Waals surface area (Å²) >= 11 is 0. The van der Waals surface area contributed by atoms with Crippen LogP contribution in [0.4, 0.5) is 0 Å². The molecule has 0 amide bonds. The summed E-state index contributed by atoms with van der Waals surface area (Å²) in [6.45, 7) is 0.834. The molecule has 0 aliphatic carbocycles. The van der Waals surface area contributed by atoms with Gasteiger partial charge in [-0.15, -0.1) is 0 Å². The van der Waals surface area contributed by atoms with Gasteiger partial charge < -0.3 is 9.42 Å². The Balaban J connectivity index is 2.47. The standard InChI is InChI=1S/C7H11N3O2/c1-10(2)4-3-7-8-6(5-11)9-12-7/h5H,3-4H2,1-2H3. The lowest BCUT2D eigenvalue weighted by molar-refractivity contribution is 0.111. The first-order valence-electron chi connectivity index (χ1n) is 3.65. The van der Waals surface area contributed by atoms with Crippen molar-refractivity contribution in [1.82, 2.24) is 15.0 Å². The Hall–Kier alpha value is -1.23. The van der Waals surface area contributed by atoms with Crippen LogP contribution in [0.1, 0.15) is 16.5 Å². The highest BCUT2D eigenvalue weighted by molar-refractivity contribution is 5.68. The Morgan fingerprint density at radius 3 is 2.83 bits per heavy atom. The lowest BCUT2D eigenvalue weighted by Crippen LogP contribution is -2.15. The zero-order valence-corrected chi connectivity index (χ0v) is 7.15. The quantitative estimate of drug-likeness (QED) is 0.593. The van der Waals surface area contributed by atoms with E-state index >= 15 is 0 Å². The van der Waals surface area contributed by atoms with E-state index in [0.717, 1.165) is 6.54 Å². The zero-order chi connectivity index (χ0) is 8.97. The summed E-state index contributed by atoms with van der Waals surface area (Å²) in [7, 11) is 3.91. The van der Waals surface area contributed by atoms with E-state index in [2.05, 4.69) is 10.1 Å². The molecule has 5 nitrogen and oxygen atoms in total. The molecule has 1 rings (SSSR count). The molecule has 0 saturated carbocycles. The number of hydrogen-bond acceptors (Lipinski definition) is 5. The largest absolute Gasteiger partial charge is 0.339 e. The minimum absolute atomic E-state index is 0.115. The fourth-order valence-corrected chi connectivity index (χ4v) is 0.737. The predicted octanol–water partition coefficient (Wildman–Crippen LogP) is -0.0138. The molecule has 0 unspecified atom stereocenters. The molecular formula is C7H11N3O2. The van der Waals surface area contributed by atoms with Crippen LogP contribution in [0.15, 0.2) is 4.52 Å². The molecule has 0 N–H and O–H groups in total. The minimum atomic E-state index is 0.115. The summed E-state index contributed by atoms with van der Waals surface area (Å²) in [6.07, 6.45) is 1.25. The first-order chi connectivity index (χ1) is 5.72. The molecule has 0 fully saturated rings. The van der Waals surface area contributed by atoms with E-state index < -0.39 is 0 Å². The van der Waals surface area contributed by atoms with E-state index in [0.29, 0.717) is 18.6 Å². The highest BCUT2D eigenvalue weighted by Gasteiger charge is 2.04. The van der Waals surface area contributed by atoms with Crippen LogP contribution in [0.2, 0.25) is 0 Å². The molecule has 1 heterocycles. The van der Waals surface area contributed by atoms with Crippen molar-refractivity contribution in [2.45, 2.75) is 6.42 Å². The number of aromatic nitrogens is 2. The molecular weight excluding hydrogens is 158 g/mol. The third-order valence-electron chi connectivity index (χ3n) is 1.36. The van der Waals surface area contributed by atoms with Crippen LogP contribution in [0.25, 0.3) is 0 Å². The maximum atomic E-state index is 10.2. The van der Waals surface area contributed by atoms with Gasteiger partial charge in [0.2, 0.25) is 11.7 Å². The van der Waals surface area contributed by atoms with Gasteiger partial charge in [0.25, 0.3) is 0 Å². The van der Waals surface area contributed by atoms with Crippen LogP contribution in [-0.4, -0.2) is 42.0 Å². The average Bonchev–Trinajstić information content (AvgIpc) is 2.48. The van der Waals surface area contributed by atoms with Gasteiger partial charge in [0, 0.05) is 13.0 Å². The molecule has 1 aromatic rings. The van der Waals surface area contributed by atoms with Crippen molar-refractivity contribution in [3.63, 3.8) is 0 Å². The average molecular weight is 169 g/mol. The first kappa shape index (κ1) is 8.86. The predicted molar refractivity (Wildman–Crippen MR) is 41.9 cm³/mol. The van der Waals surface area contributed by atoms with E-state index in [1.807, 2.05) is 19.0 Å². The smallest absolute Gasteiger partial charge is 0.235 e. The monoisotopic (exact) mass is 169 g/mol. The second-order valence-corrected chi connectivity index (χ2v) is 2.72. The van der Waals surface area contributed by atoms with E-state index in [1.165, 1.54) is 0 Å². The van der Waals surface area contributed by atoms with Crippen molar-refractivity contribution < 1.29 is 9.32 Å².